The number of nitrogens with zero attached hydrogens (tertiary/aromatic N) is 1. The molecule has 0 radical (unpaired) electrons. The van der Waals surface area contributed by atoms with Gasteiger partial charge in [-0.3, -0.25) is 0 Å². The zero-order valence-electron chi connectivity index (χ0n) is 11.6. The molecule has 0 spiro atoms. The normalized spacial score (nSPS) is 17.8. The van der Waals surface area contributed by atoms with Crippen LogP contribution < -0.4 is 5.32 Å². The number of para-hydroxylation sites is 1. The average molecular weight is 246 g/mol. The predicted octanol–water partition coefficient (Wildman–Crippen LogP) is 3.61. The van der Waals surface area contributed by atoms with Crippen LogP contribution in [-0.4, -0.2) is 31.1 Å². The monoisotopic (exact) mass is 246 g/mol. The Labute approximate surface area is 111 Å². The number of benzene rings is 1. The largest absolute Gasteiger partial charge is 0.384 e. The first kappa shape index (κ1) is 13.4. The van der Waals surface area contributed by atoms with Crippen molar-refractivity contribution in [1.29, 1.82) is 0 Å². The molecule has 1 aliphatic heterocycles. The van der Waals surface area contributed by atoms with Crippen molar-refractivity contribution < 1.29 is 0 Å². The summed E-state index contributed by atoms with van der Waals surface area (Å²) in [5.74, 6) is 0.994. The first-order valence-electron chi connectivity index (χ1n) is 7.39. The number of hydrogen-bond donors (Lipinski definition) is 1. The molecule has 1 heterocycles. The van der Waals surface area contributed by atoms with Gasteiger partial charge in [0.2, 0.25) is 0 Å². The van der Waals surface area contributed by atoms with Crippen molar-refractivity contribution in [3.05, 3.63) is 30.3 Å². The van der Waals surface area contributed by atoms with E-state index in [9.17, 15) is 0 Å². The van der Waals surface area contributed by atoms with Crippen molar-refractivity contribution >= 4 is 5.69 Å². The molecule has 1 fully saturated rings. The van der Waals surface area contributed by atoms with Gasteiger partial charge < -0.3 is 10.2 Å². The Hall–Kier alpha value is -1.02. The van der Waals surface area contributed by atoms with Crippen molar-refractivity contribution in [1.82, 2.24) is 4.90 Å². The van der Waals surface area contributed by atoms with Crippen LogP contribution >= 0.6 is 0 Å². The zero-order chi connectivity index (χ0) is 12.6. The predicted molar refractivity (Wildman–Crippen MR) is 79.0 cm³/mol. The maximum Gasteiger partial charge on any atom is 0.0340 e. The third-order valence-electron chi connectivity index (χ3n) is 3.94. The van der Waals surface area contributed by atoms with E-state index in [2.05, 4.69) is 47.5 Å². The summed E-state index contributed by atoms with van der Waals surface area (Å²) in [5, 5.41) is 3.49. The Balaban J connectivity index is 1.61. The zero-order valence-corrected chi connectivity index (χ0v) is 11.6. The smallest absolute Gasteiger partial charge is 0.0340 e. The molecule has 1 saturated heterocycles. The molecule has 2 nitrogen and oxygen atoms in total. The highest BCUT2D eigenvalue weighted by molar-refractivity contribution is 5.42. The van der Waals surface area contributed by atoms with Crippen LogP contribution in [0.25, 0.3) is 0 Å². The summed E-state index contributed by atoms with van der Waals surface area (Å²) in [6, 6.07) is 10.5. The minimum Gasteiger partial charge on any atom is -0.384 e. The number of hydrogen-bond acceptors (Lipinski definition) is 2. The van der Waals surface area contributed by atoms with Crippen molar-refractivity contribution in [2.45, 2.75) is 32.6 Å². The molecule has 0 amide bonds. The molecule has 100 valence electrons. The van der Waals surface area contributed by atoms with Gasteiger partial charge in [0.1, 0.15) is 0 Å². The Morgan fingerprint density at radius 2 is 1.89 bits per heavy atom. The van der Waals surface area contributed by atoms with Crippen LogP contribution in [0.2, 0.25) is 0 Å². The molecule has 2 rings (SSSR count). The summed E-state index contributed by atoms with van der Waals surface area (Å²) in [6.07, 6.45) is 5.58. The number of likely N-dealkylation sites (tertiary alicyclic amines) is 1. The molecule has 1 aromatic carbocycles. The third-order valence-corrected chi connectivity index (χ3v) is 3.94. The second-order valence-electron chi connectivity index (χ2n) is 5.37. The molecule has 0 unspecified atom stereocenters. The number of nitrogens with one attached hydrogen (secondary N) is 1. The topological polar surface area (TPSA) is 15.3 Å². The average Bonchev–Trinajstić information content (AvgIpc) is 2.42. The van der Waals surface area contributed by atoms with E-state index in [0.29, 0.717) is 0 Å². The molecule has 0 bridgehead atoms. The van der Waals surface area contributed by atoms with Gasteiger partial charge in [0.05, 0.1) is 0 Å². The SMILES string of the molecule is CCCC1CCN(CCNc2ccccc2)CC1. The summed E-state index contributed by atoms with van der Waals surface area (Å²) in [5.41, 5.74) is 1.23. The highest BCUT2D eigenvalue weighted by Gasteiger charge is 2.17. The minimum absolute atomic E-state index is 0.994. The maximum atomic E-state index is 3.49. The van der Waals surface area contributed by atoms with Gasteiger partial charge in [0.25, 0.3) is 0 Å². The first-order valence-corrected chi connectivity index (χ1v) is 7.39. The molecular weight excluding hydrogens is 220 g/mol. The minimum atomic E-state index is 0.994. The molecule has 0 atom stereocenters. The van der Waals surface area contributed by atoms with Crippen molar-refractivity contribution in [3.8, 4) is 0 Å². The Bertz CT molecular complexity index is 315. The lowest BCUT2D eigenvalue weighted by molar-refractivity contribution is 0.184. The summed E-state index contributed by atoms with van der Waals surface area (Å²) >= 11 is 0. The highest BCUT2D eigenvalue weighted by Crippen LogP contribution is 2.21. The van der Waals surface area contributed by atoms with E-state index >= 15 is 0 Å². The van der Waals surface area contributed by atoms with Gasteiger partial charge >= 0.3 is 0 Å². The number of piperidine rings is 1. The van der Waals surface area contributed by atoms with Crippen LogP contribution in [-0.2, 0) is 0 Å². The summed E-state index contributed by atoms with van der Waals surface area (Å²) in [7, 11) is 0. The Kier molecular flexibility index (Phi) is 5.53. The third kappa shape index (κ3) is 4.34. The van der Waals surface area contributed by atoms with E-state index in [4.69, 9.17) is 0 Å². The molecule has 18 heavy (non-hydrogen) atoms. The molecule has 1 aliphatic rings. The standard InChI is InChI=1S/C16H26N2/c1-2-6-15-9-12-18(13-10-15)14-11-17-16-7-4-3-5-8-16/h3-5,7-8,15,17H,2,6,9-14H2,1H3. The van der Waals surface area contributed by atoms with Crippen LogP contribution in [0.15, 0.2) is 30.3 Å². The fourth-order valence-corrected chi connectivity index (χ4v) is 2.82. The highest BCUT2D eigenvalue weighted by atomic mass is 15.1. The van der Waals surface area contributed by atoms with Crippen molar-refractivity contribution in [2.75, 3.05) is 31.5 Å². The van der Waals surface area contributed by atoms with E-state index in [1.807, 2.05) is 0 Å². The van der Waals surface area contributed by atoms with Crippen molar-refractivity contribution in [3.63, 3.8) is 0 Å². The lowest BCUT2D eigenvalue weighted by atomic mass is 9.92. The van der Waals surface area contributed by atoms with E-state index in [-0.39, 0.29) is 0 Å². The van der Waals surface area contributed by atoms with E-state index in [1.54, 1.807) is 0 Å². The van der Waals surface area contributed by atoms with Gasteiger partial charge in [0, 0.05) is 18.8 Å². The van der Waals surface area contributed by atoms with Crippen molar-refractivity contribution in [2.24, 2.45) is 5.92 Å². The molecule has 0 aliphatic carbocycles. The Morgan fingerprint density at radius 1 is 1.17 bits per heavy atom. The second-order valence-corrected chi connectivity index (χ2v) is 5.37. The first-order chi connectivity index (χ1) is 8.88. The fourth-order valence-electron chi connectivity index (χ4n) is 2.82. The molecule has 2 heteroatoms. The van der Waals surface area contributed by atoms with E-state index in [0.717, 1.165) is 12.5 Å². The maximum absolute atomic E-state index is 3.49. The summed E-state index contributed by atoms with van der Waals surface area (Å²) < 4.78 is 0. The Morgan fingerprint density at radius 3 is 2.56 bits per heavy atom. The van der Waals surface area contributed by atoms with Crippen LogP contribution in [0.3, 0.4) is 0 Å². The van der Waals surface area contributed by atoms with Gasteiger partial charge in [-0.05, 0) is 44.0 Å². The van der Waals surface area contributed by atoms with Crippen LogP contribution in [0.5, 0.6) is 0 Å². The second kappa shape index (κ2) is 7.42. The van der Waals surface area contributed by atoms with Gasteiger partial charge in [0.15, 0.2) is 0 Å². The quantitative estimate of drug-likeness (QED) is 0.825. The summed E-state index contributed by atoms with van der Waals surface area (Å²) in [6.45, 7) is 7.12. The molecule has 0 saturated carbocycles. The molecule has 0 aromatic heterocycles. The fraction of sp³-hybridized carbons (Fsp3) is 0.625. The number of rotatable bonds is 6. The van der Waals surface area contributed by atoms with Gasteiger partial charge in [-0.15, -0.1) is 0 Å². The molecular formula is C16H26N2. The lowest BCUT2D eigenvalue weighted by Crippen LogP contribution is -2.36. The van der Waals surface area contributed by atoms with E-state index in [1.165, 1.54) is 51.0 Å². The number of anilines is 1. The van der Waals surface area contributed by atoms with E-state index < -0.39 is 0 Å². The van der Waals surface area contributed by atoms with Crippen LogP contribution in [0.1, 0.15) is 32.6 Å². The van der Waals surface area contributed by atoms with Gasteiger partial charge in [-0.2, -0.15) is 0 Å². The lowest BCUT2D eigenvalue weighted by Gasteiger charge is -2.31. The van der Waals surface area contributed by atoms with Gasteiger partial charge in [-0.1, -0.05) is 38.0 Å². The molecule has 1 N–H and O–H groups in total. The van der Waals surface area contributed by atoms with Gasteiger partial charge in [-0.25, -0.2) is 0 Å². The molecule has 1 aromatic rings. The van der Waals surface area contributed by atoms with Crippen LogP contribution in [0.4, 0.5) is 5.69 Å². The van der Waals surface area contributed by atoms with Crippen LogP contribution in [0, 0.1) is 5.92 Å². The summed E-state index contributed by atoms with van der Waals surface area (Å²) in [4.78, 5) is 2.60.